The van der Waals surface area contributed by atoms with E-state index in [4.69, 9.17) is 4.74 Å². The normalized spacial score (nSPS) is 18.1. The van der Waals surface area contributed by atoms with Crippen LogP contribution < -0.4 is 15.0 Å². The lowest BCUT2D eigenvalue weighted by Crippen LogP contribution is -2.49. The van der Waals surface area contributed by atoms with Crippen LogP contribution in [0.4, 0.5) is 11.4 Å². The van der Waals surface area contributed by atoms with Gasteiger partial charge in [0.1, 0.15) is 18.1 Å². The molecule has 2 aliphatic rings. The number of nitrogens with zero attached hydrogens (tertiary/aromatic N) is 3. The highest BCUT2D eigenvalue weighted by molar-refractivity contribution is 7.96. The average molecular weight is 721 g/mol. The fourth-order valence-corrected chi connectivity index (χ4v) is 9.06. The molecule has 3 aromatic rings. The molecule has 2 fully saturated rings. The maximum absolute atomic E-state index is 13.0. The van der Waals surface area contributed by atoms with Gasteiger partial charge in [-0.2, -0.15) is 0 Å². The zero-order valence-electron chi connectivity index (χ0n) is 29.4. The molecule has 0 saturated carbocycles. The number of anilines is 2. The van der Waals surface area contributed by atoms with Gasteiger partial charge in [-0.25, -0.2) is 9.10 Å². The number of nitrogens with one attached hydrogen (secondary N) is 1. The van der Waals surface area contributed by atoms with E-state index in [0.29, 0.717) is 44.3 Å². The van der Waals surface area contributed by atoms with Crippen molar-refractivity contribution in [3.8, 4) is 16.2 Å². The van der Waals surface area contributed by atoms with Gasteiger partial charge in [-0.3, -0.25) is 14.4 Å². The number of benzene rings is 2. The molecule has 50 heavy (non-hydrogen) atoms. The van der Waals surface area contributed by atoms with Crippen LogP contribution in [-0.4, -0.2) is 89.7 Å². The highest BCUT2D eigenvalue weighted by atomic mass is 32.2. The van der Waals surface area contributed by atoms with Crippen LogP contribution in [0.2, 0.25) is 0 Å². The van der Waals surface area contributed by atoms with Crippen LogP contribution in [0.1, 0.15) is 73.7 Å². The number of Topliss-reactive ketones (excluding diaryl/α,β-unsaturated/α-hetero) is 1. The lowest BCUT2D eigenvalue weighted by molar-refractivity contribution is -0.121. The number of carboxylic acid groups (broad SMARTS) is 1. The highest BCUT2D eigenvalue weighted by Gasteiger charge is 2.35. The summed E-state index contributed by atoms with van der Waals surface area (Å²) in [5.41, 5.74) is 4.69. The first-order chi connectivity index (χ1) is 24.0. The minimum absolute atomic E-state index is 0.0635. The molecule has 0 radical (unpaired) electrons. The largest absolute Gasteiger partial charge is 0.484 e. The number of piperidine rings is 2. The predicted molar refractivity (Wildman–Crippen MR) is 202 cm³/mol. The second-order valence-corrected chi connectivity index (χ2v) is 15.6. The van der Waals surface area contributed by atoms with Gasteiger partial charge in [0.05, 0.1) is 0 Å². The average Bonchev–Trinajstić information content (AvgIpc) is 3.48. The molecule has 1 aromatic heterocycles. The van der Waals surface area contributed by atoms with Crippen LogP contribution in [0.5, 0.6) is 5.75 Å². The van der Waals surface area contributed by atoms with Crippen LogP contribution in [0.25, 0.3) is 10.4 Å². The molecule has 12 heteroatoms. The maximum Gasteiger partial charge on any atom is 0.349 e. The quantitative estimate of drug-likeness (QED) is 0.129. The van der Waals surface area contributed by atoms with E-state index in [1.807, 2.05) is 56.3 Å². The molecule has 2 N–H and O–H groups in total. The SMILES string of the molecule is CCc1c(-c2cccc(NC3CCN(SCc4cccc(N(C)C(=O)CCN5CCC(=O)CC5)c4)C(C)(C)C3)c2)sc(C(=O)O)c1OCC=O. The van der Waals surface area contributed by atoms with Crippen molar-refractivity contribution >= 4 is 58.6 Å². The van der Waals surface area contributed by atoms with Crippen molar-refractivity contribution in [2.24, 2.45) is 0 Å². The van der Waals surface area contributed by atoms with Gasteiger partial charge < -0.3 is 25.0 Å². The third kappa shape index (κ3) is 9.34. The molecule has 0 spiro atoms. The third-order valence-corrected chi connectivity index (χ3v) is 12.2. The molecular weight excluding hydrogens is 673 g/mol. The molecule has 2 aromatic carbocycles. The first kappa shape index (κ1) is 37.5. The summed E-state index contributed by atoms with van der Waals surface area (Å²) in [5, 5.41) is 13.5. The van der Waals surface area contributed by atoms with Crippen molar-refractivity contribution in [1.82, 2.24) is 9.21 Å². The van der Waals surface area contributed by atoms with Gasteiger partial charge in [-0.15, -0.1) is 11.3 Å². The van der Waals surface area contributed by atoms with Crippen LogP contribution >= 0.6 is 23.3 Å². The van der Waals surface area contributed by atoms with Gasteiger partial charge in [0.25, 0.3) is 0 Å². The Morgan fingerprint density at radius 1 is 1.14 bits per heavy atom. The summed E-state index contributed by atoms with van der Waals surface area (Å²) < 4.78 is 8.05. The number of hydrogen-bond donors (Lipinski definition) is 2. The van der Waals surface area contributed by atoms with Gasteiger partial charge >= 0.3 is 5.97 Å². The third-order valence-electron chi connectivity index (χ3n) is 9.51. The second kappa shape index (κ2) is 17.0. The molecule has 1 unspecified atom stereocenters. The Labute approximate surface area is 303 Å². The molecule has 268 valence electrons. The van der Waals surface area contributed by atoms with E-state index in [2.05, 4.69) is 46.6 Å². The lowest BCUT2D eigenvalue weighted by Gasteiger charge is -2.45. The highest BCUT2D eigenvalue weighted by Crippen LogP contribution is 2.43. The summed E-state index contributed by atoms with van der Waals surface area (Å²) in [7, 11) is 1.84. The summed E-state index contributed by atoms with van der Waals surface area (Å²) in [6.45, 7) is 9.41. The van der Waals surface area contributed by atoms with E-state index in [1.54, 1.807) is 4.90 Å². The van der Waals surface area contributed by atoms with E-state index in [9.17, 15) is 24.3 Å². The van der Waals surface area contributed by atoms with Crippen molar-refractivity contribution in [1.29, 1.82) is 0 Å². The number of carboxylic acids is 1. The van der Waals surface area contributed by atoms with Crippen molar-refractivity contribution in [2.45, 2.75) is 76.6 Å². The number of carbonyl (C=O) groups excluding carboxylic acids is 3. The molecule has 3 heterocycles. The Kier molecular flexibility index (Phi) is 12.8. The first-order valence-corrected chi connectivity index (χ1v) is 19.1. The Bertz CT molecular complexity index is 1680. The van der Waals surface area contributed by atoms with Gasteiger partial charge in [0, 0.05) is 91.6 Å². The number of amides is 1. The molecule has 0 aliphatic carbocycles. The lowest BCUT2D eigenvalue weighted by atomic mass is 9.89. The van der Waals surface area contributed by atoms with Gasteiger partial charge in [0.2, 0.25) is 5.91 Å². The smallest absolute Gasteiger partial charge is 0.349 e. The van der Waals surface area contributed by atoms with E-state index < -0.39 is 5.97 Å². The van der Waals surface area contributed by atoms with Crippen LogP contribution in [0.3, 0.4) is 0 Å². The minimum Gasteiger partial charge on any atom is -0.484 e. The molecule has 5 rings (SSSR count). The molecule has 10 nitrogen and oxygen atoms in total. The van der Waals surface area contributed by atoms with Crippen molar-refractivity contribution in [3.05, 3.63) is 64.5 Å². The second-order valence-electron chi connectivity index (χ2n) is 13.6. The van der Waals surface area contributed by atoms with Crippen LogP contribution in [0, 0.1) is 0 Å². The number of likely N-dealkylation sites (tertiary alicyclic amines) is 1. The summed E-state index contributed by atoms with van der Waals surface area (Å²) in [4.78, 5) is 52.3. The number of aromatic carboxylic acids is 1. The molecule has 2 aliphatic heterocycles. The first-order valence-electron chi connectivity index (χ1n) is 17.3. The predicted octanol–water partition coefficient (Wildman–Crippen LogP) is 6.77. The maximum atomic E-state index is 13.0. The van der Waals surface area contributed by atoms with Gasteiger partial charge in [0.15, 0.2) is 11.2 Å². The zero-order valence-corrected chi connectivity index (χ0v) is 31.0. The fraction of sp³-hybridized carbons (Fsp3) is 0.474. The van der Waals surface area contributed by atoms with E-state index in [0.717, 1.165) is 65.6 Å². The molecule has 2 saturated heterocycles. The van der Waals surface area contributed by atoms with E-state index >= 15 is 0 Å². The number of ether oxygens (including phenoxy) is 1. The summed E-state index contributed by atoms with van der Waals surface area (Å²) >= 11 is 3.01. The van der Waals surface area contributed by atoms with Crippen molar-refractivity contribution in [2.75, 3.05) is 50.1 Å². The van der Waals surface area contributed by atoms with Crippen LogP contribution in [-0.2, 0) is 26.6 Å². The number of rotatable bonds is 15. The molecular formula is C38H48N4O6S2. The zero-order chi connectivity index (χ0) is 35.8. The fourth-order valence-electron chi connectivity index (χ4n) is 6.75. The monoisotopic (exact) mass is 720 g/mol. The Balaban J connectivity index is 1.16. The summed E-state index contributed by atoms with van der Waals surface area (Å²) in [5.74, 6) is 0.414. The van der Waals surface area contributed by atoms with Gasteiger partial charge in [-0.1, -0.05) is 43.1 Å². The molecule has 1 atom stereocenters. The van der Waals surface area contributed by atoms with E-state index in [1.165, 1.54) is 16.9 Å². The van der Waals surface area contributed by atoms with Crippen molar-refractivity contribution < 1.29 is 29.0 Å². The number of carbonyl (C=O) groups is 4. The molecule has 1 amide bonds. The van der Waals surface area contributed by atoms with Gasteiger partial charge in [-0.05, 0) is 68.5 Å². The topological polar surface area (TPSA) is 119 Å². The van der Waals surface area contributed by atoms with Crippen molar-refractivity contribution in [3.63, 3.8) is 0 Å². The number of aldehydes is 1. The molecule has 0 bridgehead atoms. The summed E-state index contributed by atoms with van der Waals surface area (Å²) in [6.07, 6.45) is 4.72. The number of thiophene rings is 1. The Morgan fingerprint density at radius 2 is 1.90 bits per heavy atom. The number of hydrogen-bond acceptors (Lipinski definition) is 10. The van der Waals surface area contributed by atoms with Crippen LogP contribution in [0.15, 0.2) is 48.5 Å². The Hall–Kier alpha value is -3.71. The minimum atomic E-state index is -1.06. The summed E-state index contributed by atoms with van der Waals surface area (Å²) in [6, 6.07) is 16.6. The van der Waals surface area contributed by atoms with E-state index in [-0.39, 0.29) is 34.7 Å². The standard InChI is InChI=1S/C38H48N4O6S2/c1-5-32-34(48-21-20-43)36(37(46)47)50-35(32)27-9-7-10-28(23-27)39-29-12-19-42(38(2,3)24-29)49-25-26-8-6-11-30(22-26)40(4)33(45)15-18-41-16-13-31(44)14-17-41/h6-11,20,22-23,29,39H,5,12-19,21,24-25H2,1-4H3,(H,46,47). The number of ketones is 1. The Morgan fingerprint density at radius 3 is 2.60 bits per heavy atom.